The zero-order valence-electron chi connectivity index (χ0n) is 17.7. The van der Waals surface area contributed by atoms with Gasteiger partial charge in [-0.1, -0.05) is 48.5 Å². The van der Waals surface area contributed by atoms with Gasteiger partial charge in [0, 0.05) is 44.5 Å². The van der Waals surface area contributed by atoms with Gasteiger partial charge in [0.25, 0.3) is 5.91 Å². The molecule has 1 aromatic heterocycles. The minimum atomic E-state index is -0.0935. The van der Waals surface area contributed by atoms with E-state index in [2.05, 4.69) is 22.3 Å². The Morgan fingerprint density at radius 2 is 1.74 bits per heavy atom. The lowest BCUT2D eigenvalue weighted by atomic mass is 10.2. The normalized spacial score (nSPS) is 14.3. The highest BCUT2D eigenvalue weighted by Gasteiger charge is 2.13. The smallest absolute Gasteiger partial charge is 0.268 e. The van der Waals surface area contributed by atoms with Gasteiger partial charge in [-0.05, 0) is 23.8 Å². The second-order valence-electron chi connectivity index (χ2n) is 7.60. The molecule has 1 N–H and O–H groups in total. The van der Waals surface area contributed by atoms with E-state index in [0.717, 1.165) is 49.7 Å². The van der Waals surface area contributed by atoms with Crippen molar-refractivity contribution in [1.82, 2.24) is 14.8 Å². The summed E-state index contributed by atoms with van der Waals surface area (Å²) >= 11 is 0. The number of ether oxygens (including phenoxy) is 2. The van der Waals surface area contributed by atoms with Crippen LogP contribution < -0.4 is 10.1 Å². The molecule has 1 aliphatic heterocycles. The number of nitrogens with zero attached hydrogens (tertiary/aromatic N) is 2. The first kappa shape index (κ1) is 21.2. The molecule has 1 aliphatic rings. The largest absolute Gasteiger partial charge is 0.492 e. The number of rotatable bonds is 9. The minimum absolute atomic E-state index is 0.0935. The highest BCUT2D eigenvalue weighted by Crippen LogP contribution is 2.18. The molecule has 0 spiro atoms. The number of morpholine rings is 1. The maximum Gasteiger partial charge on any atom is 0.268 e. The Morgan fingerprint density at radius 1 is 0.968 bits per heavy atom. The van der Waals surface area contributed by atoms with Gasteiger partial charge in [-0.25, -0.2) is 0 Å². The summed E-state index contributed by atoms with van der Waals surface area (Å²) in [6, 6.07) is 21.8. The third-order valence-corrected chi connectivity index (χ3v) is 5.44. The lowest BCUT2D eigenvalue weighted by Gasteiger charge is -2.26. The molecule has 0 atom stereocenters. The first-order chi connectivity index (χ1) is 15.3. The monoisotopic (exact) mass is 419 g/mol. The molecule has 6 nitrogen and oxygen atoms in total. The van der Waals surface area contributed by atoms with Crippen molar-refractivity contribution in [2.75, 3.05) is 39.5 Å². The number of hydrogen-bond donors (Lipinski definition) is 1. The van der Waals surface area contributed by atoms with Crippen molar-refractivity contribution < 1.29 is 14.3 Å². The van der Waals surface area contributed by atoms with Gasteiger partial charge in [0.2, 0.25) is 0 Å². The van der Waals surface area contributed by atoms with Crippen LogP contribution in [0.2, 0.25) is 0 Å². The molecule has 1 amide bonds. The second kappa shape index (κ2) is 10.8. The molecule has 0 radical (unpaired) electrons. The van der Waals surface area contributed by atoms with Gasteiger partial charge in [-0.3, -0.25) is 9.69 Å². The van der Waals surface area contributed by atoms with Crippen LogP contribution in [0.3, 0.4) is 0 Å². The summed E-state index contributed by atoms with van der Waals surface area (Å²) in [5.74, 6) is 0.722. The summed E-state index contributed by atoms with van der Waals surface area (Å²) in [5.41, 5.74) is 2.78. The molecule has 1 saturated heterocycles. The Morgan fingerprint density at radius 3 is 2.58 bits per heavy atom. The van der Waals surface area contributed by atoms with Crippen LogP contribution in [-0.4, -0.2) is 54.8 Å². The summed E-state index contributed by atoms with van der Waals surface area (Å²) < 4.78 is 13.4. The van der Waals surface area contributed by atoms with Crippen molar-refractivity contribution in [2.24, 2.45) is 0 Å². The summed E-state index contributed by atoms with van der Waals surface area (Å²) in [6.07, 6.45) is 1.94. The molecule has 0 saturated carbocycles. The van der Waals surface area contributed by atoms with Crippen molar-refractivity contribution >= 4 is 5.91 Å². The third kappa shape index (κ3) is 5.96. The van der Waals surface area contributed by atoms with E-state index in [-0.39, 0.29) is 5.91 Å². The first-order valence-corrected chi connectivity index (χ1v) is 10.8. The van der Waals surface area contributed by atoms with Crippen molar-refractivity contribution in [3.05, 3.63) is 89.7 Å². The summed E-state index contributed by atoms with van der Waals surface area (Å²) in [5, 5.41) is 3.04. The number of nitrogens with one attached hydrogen (secondary N) is 1. The Labute approximate surface area is 183 Å². The Hall–Kier alpha value is -3.09. The molecule has 3 aromatic rings. The van der Waals surface area contributed by atoms with Crippen LogP contribution in [0.1, 0.15) is 21.6 Å². The van der Waals surface area contributed by atoms with Gasteiger partial charge < -0.3 is 19.4 Å². The van der Waals surface area contributed by atoms with Crippen LogP contribution in [0.4, 0.5) is 0 Å². The zero-order valence-corrected chi connectivity index (χ0v) is 17.7. The van der Waals surface area contributed by atoms with E-state index < -0.39 is 0 Å². The molecule has 0 bridgehead atoms. The van der Waals surface area contributed by atoms with Gasteiger partial charge in [-0.2, -0.15) is 0 Å². The van der Waals surface area contributed by atoms with E-state index in [0.29, 0.717) is 25.4 Å². The molecular formula is C25H29N3O3. The van der Waals surface area contributed by atoms with E-state index in [4.69, 9.17) is 9.47 Å². The van der Waals surface area contributed by atoms with Crippen molar-refractivity contribution in [3.8, 4) is 5.75 Å². The first-order valence-electron chi connectivity index (χ1n) is 10.8. The van der Waals surface area contributed by atoms with E-state index >= 15 is 0 Å². The zero-order chi connectivity index (χ0) is 21.3. The maximum absolute atomic E-state index is 12.8. The fourth-order valence-electron chi connectivity index (χ4n) is 3.70. The van der Waals surface area contributed by atoms with E-state index in [1.165, 1.54) is 0 Å². The van der Waals surface area contributed by atoms with Gasteiger partial charge in [0.1, 0.15) is 18.1 Å². The second-order valence-corrected chi connectivity index (χ2v) is 7.60. The molecule has 0 unspecified atom stereocenters. The van der Waals surface area contributed by atoms with Gasteiger partial charge >= 0.3 is 0 Å². The number of hydrogen-bond acceptors (Lipinski definition) is 4. The number of amides is 1. The van der Waals surface area contributed by atoms with Crippen LogP contribution in [0.5, 0.6) is 5.75 Å². The lowest BCUT2D eigenvalue weighted by Crippen LogP contribution is -2.38. The van der Waals surface area contributed by atoms with E-state index in [1.54, 1.807) is 0 Å². The van der Waals surface area contributed by atoms with Crippen molar-refractivity contribution in [3.63, 3.8) is 0 Å². The molecule has 6 heteroatoms. The quantitative estimate of drug-likeness (QED) is 0.579. The molecule has 4 rings (SSSR count). The SMILES string of the molecule is O=C(NCc1ccccc1OCCN1CCOCC1)c1cccn1Cc1ccccc1. The molecule has 1 fully saturated rings. The number of aromatic nitrogens is 1. The summed E-state index contributed by atoms with van der Waals surface area (Å²) in [6.45, 7) is 6.04. The molecule has 2 aromatic carbocycles. The number of carbonyl (C=O) groups is 1. The van der Waals surface area contributed by atoms with Crippen LogP contribution >= 0.6 is 0 Å². The number of benzene rings is 2. The van der Waals surface area contributed by atoms with Crippen LogP contribution in [0, 0.1) is 0 Å². The molecule has 31 heavy (non-hydrogen) atoms. The molecule has 2 heterocycles. The highest BCUT2D eigenvalue weighted by atomic mass is 16.5. The van der Waals surface area contributed by atoms with Crippen molar-refractivity contribution in [1.29, 1.82) is 0 Å². The molecular weight excluding hydrogens is 390 g/mol. The fraction of sp³-hybridized carbons (Fsp3) is 0.320. The summed E-state index contributed by atoms with van der Waals surface area (Å²) in [7, 11) is 0. The third-order valence-electron chi connectivity index (χ3n) is 5.44. The maximum atomic E-state index is 12.8. The van der Waals surface area contributed by atoms with Crippen LogP contribution in [0.25, 0.3) is 0 Å². The van der Waals surface area contributed by atoms with Crippen LogP contribution in [0.15, 0.2) is 72.9 Å². The highest BCUT2D eigenvalue weighted by molar-refractivity contribution is 5.92. The Bertz CT molecular complexity index is 965. The van der Waals surface area contributed by atoms with Crippen LogP contribution in [-0.2, 0) is 17.8 Å². The lowest BCUT2D eigenvalue weighted by molar-refractivity contribution is 0.0322. The predicted molar refractivity (Wildman–Crippen MR) is 120 cm³/mol. The van der Waals surface area contributed by atoms with Gasteiger partial charge in [0.05, 0.1) is 13.2 Å². The van der Waals surface area contributed by atoms with Crippen molar-refractivity contribution in [2.45, 2.75) is 13.1 Å². The number of carbonyl (C=O) groups excluding carboxylic acids is 1. The van der Waals surface area contributed by atoms with E-state index in [9.17, 15) is 4.79 Å². The molecule has 0 aliphatic carbocycles. The van der Waals surface area contributed by atoms with E-state index in [1.807, 2.05) is 65.4 Å². The average molecular weight is 420 g/mol. The Kier molecular flexibility index (Phi) is 7.37. The molecule has 162 valence electrons. The summed E-state index contributed by atoms with van der Waals surface area (Å²) in [4.78, 5) is 15.2. The topological polar surface area (TPSA) is 55.7 Å². The number of para-hydroxylation sites is 1. The van der Waals surface area contributed by atoms with Gasteiger partial charge in [0.15, 0.2) is 0 Å². The standard InChI is InChI=1S/C25H29N3O3/c29-25(23-10-6-12-28(23)20-21-7-2-1-3-8-21)26-19-22-9-4-5-11-24(22)31-18-15-27-13-16-30-17-14-27/h1-12H,13-20H2,(H,26,29). The van der Waals surface area contributed by atoms with Gasteiger partial charge in [-0.15, -0.1) is 0 Å². The predicted octanol–water partition coefficient (Wildman–Crippen LogP) is 3.18. The average Bonchev–Trinajstić information content (AvgIpc) is 3.28. The fourth-order valence-corrected chi connectivity index (χ4v) is 3.70. The minimum Gasteiger partial charge on any atom is -0.492 e. The Balaban J connectivity index is 1.32.